The van der Waals surface area contributed by atoms with Crippen LogP contribution in [0.5, 0.6) is 0 Å². The fraction of sp³-hybridized carbons (Fsp3) is 0.375. The maximum atomic E-state index is 5.61. The molecule has 0 aromatic carbocycles. The molecule has 0 rings (SSSR count). The second-order valence-corrected chi connectivity index (χ2v) is 2.47. The van der Waals surface area contributed by atoms with E-state index in [1.165, 1.54) is 6.20 Å². The zero-order chi connectivity index (χ0) is 10.3. The van der Waals surface area contributed by atoms with E-state index in [4.69, 9.17) is 17.2 Å². The molecule has 0 heterocycles. The van der Waals surface area contributed by atoms with Gasteiger partial charge in [0.1, 0.15) is 5.84 Å². The Balaban J connectivity index is 4.54. The highest BCUT2D eigenvalue weighted by Crippen LogP contribution is 1.94. The topological polar surface area (TPSA) is 102 Å². The van der Waals surface area contributed by atoms with E-state index in [0.29, 0.717) is 30.3 Å². The first-order valence-electron chi connectivity index (χ1n) is 3.98. The van der Waals surface area contributed by atoms with Crippen LogP contribution in [0.2, 0.25) is 0 Å². The third kappa shape index (κ3) is 4.17. The van der Waals surface area contributed by atoms with Crippen LogP contribution in [0.25, 0.3) is 0 Å². The first-order chi connectivity index (χ1) is 6.13. The zero-order valence-electron chi connectivity index (χ0n) is 7.88. The van der Waals surface area contributed by atoms with E-state index < -0.39 is 0 Å². The summed E-state index contributed by atoms with van der Waals surface area (Å²) in [5.74, 6) is 0.323. The lowest BCUT2D eigenvalue weighted by Crippen LogP contribution is -2.32. The van der Waals surface area contributed by atoms with Gasteiger partial charge in [-0.15, -0.1) is 0 Å². The minimum Gasteiger partial charge on any atom is -0.400 e. The minimum absolute atomic E-state index is 0.323. The van der Waals surface area contributed by atoms with E-state index in [2.05, 4.69) is 16.9 Å². The van der Waals surface area contributed by atoms with Crippen LogP contribution in [0.1, 0.15) is 6.92 Å². The highest BCUT2D eigenvalue weighted by molar-refractivity contribution is 5.97. The van der Waals surface area contributed by atoms with Crippen molar-refractivity contribution in [3.63, 3.8) is 0 Å². The van der Waals surface area contributed by atoms with E-state index in [0.717, 1.165) is 0 Å². The SMILES string of the molecule is C=CN=C(N)/C(NCCN)=C(\C)N. The molecule has 5 heteroatoms. The van der Waals surface area contributed by atoms with Gasteiger partial charge >= 0.3 is 0 Å². The van der Waals surface area contributed by atoms with Crippen LogP contribution >= 0.6 is 0 Å². The van der Waals surface area contributed by atoms with Crippen molar-refractivity contribution >= 4 is 5.84 Å². The van der Waals surface area contributed by atoms with E-state index in [-0.39, 0.29) is 0 Å². The Hall–Kier alpha value is -1.49. The molecule has 0 amide bonds. The average Bonchev–Trinajstić information content (AvgIpc) is 2.05. The molecule has 0 bridgehead atoms. The van der Waals surface area contributed by atoms with Gasteiger partial charge in [-0.25, -0.2) is 4.99 Å². The zero-order valence-corrected chi connectivity index (χ0v) is 7.88. The highest BCUT2D eigenvalue weighted by Gasteiger charge is 2.03. The molecule has 0 aliphatic rings. The molecule has 0 aliphatic heterocycles. The summed E-state index contributed by atoms with van der Waals surface area (Å²) in [6, 6.07) is 0. The van der Waals surface area contributed by atoms with Crippen LogP contribution in [-0.2, 0) is 0 Å². The van der Waals surface area contributed by atoms with Gasteiger partial charge in [-0.3, -0.25) is 0 Å². The predicted molar refractivity (Wildman–Crippen MR) is 55.8 cm³/mol. The van der Waals surface area contributed by atoms with Gasteiger partial charge in [0.15, 0.2) is 0 Å². The molecule has 5 nitrogen and oxygen atoms in total. The lowest BCUT2D eigenvalue weighted by Gasteiger charge is -2.10. The van der Waals surface area contributed by atoms with Crippen molar-refractivity contribution in [2.24, 2.45) is 22.2 Å². The van der Waals surface area contributed by atoms with Gasteiger partial charge in [0.2, 0.25) is 0 Å². The number of hydrogen-bond acceptors (Lipinski definition) is 4. The van der Waals surface area contributed by atoms with Crippen molar-refractivity contribution in [2.75, 3.05) is 13.1 Å². The van der Waals surface area contributed by atoms with Crippen LogP contribution < -0.4 is 22.5 Å². The molecule has 74 valence electrons. The molecular formula is C8H17N5. The summed E-state index contributed by atoms with van der Waals surface area (Å²) < 4.78 is 0. The monoisotopic (exact) mass is 183 g/mol. The van der Waals surface area contributed by atoms with E-state index >= 15 is 0 Å². The van der Waals surface area contributed by atoms with Gasteiger partial charge in [-0.05, 0) is 6.92 Å². The van der Waals surface area contributed by atoms with Gasteiger partial charge in [-0.2, -0.15) is 0 Å². The molecule has 0 atom stereocenters. The van der Waals surface area contributed by atoms with Crippen molar-refractivity contribution < 1.29 is 0 Å². The first kappa shape index (κ1) is 11.5. The molecule has 0 spiro atoms. The third-order valence-corrected chi connectivity index (χ3v) is 1.33. The van der Waals surface area contributed by atoms with Crippen LogP contribution in [0.4, 0.5) is 0 Å². The number of nitrogens with two attached hydrogens (primary N) is 3. The minimum atomic E-state index is 0.323. The molecule has 7 N–H and O–H groups in total. The Morgan fingerprint density at radius 3 is 2.54 bits per heavy atom. The maximum Gasteiger partial charge on any atom is 0.148 e. The lowest BCUT2D eigenvalue weighted by molar-refractivity contribution is 0.810. The highest BCUT2D eigenvalue weighted by atomic mass is 15.0. The van der Waals surface area contributed by atoms with E-state index in [1.54, 1.807) is 6.92 Å². The Bertz CT molecular complexity index is 225. The molecular weight excluding hydrogens is 166 g/mol. The fourth-order valence-electron chi connectivity index (χ4n) is 0.792. The Kier molecular flexibility index (Phi) is 5.38. The van der Waals surface area contributed by atoms with Crippen molar-refractivity contribution in [1.29, 1.82) is 0 Å². The molecule has 0 saturated heterocycles. The fourth-order valence-corrected chi connectivity index (χ4v) is 0.792. The molecule has 0 aromatic rings. The van der Waals surface area contributed by atoms with Gasteiger partial charge in [0.25, 0.3) is 0 Å². The van der Waals surface area contributed by atoms with Gasteiger partial charge < -0.3 is 22.5 Å². The van der Waals surface area contributed by atoms with Crippen molar-refractivity contribution in [3.05, 3.63) is 24.2 Å². The van der Waals surface area contributed by atoms with Crippen LogP contribution in [0.15, 0.2) is 29.2 Å². The predicted octanol–water partition coefficient (Wildman–Crippen LogP) is -0.774. The van der Waals surface area contributed by atoms with Gasteiger partial charge in [0, 0.05) is 25.0 Å². The third-order valence-electron chi connectivity index (χ3n) is 1.33. The standard InChI is InChI=1S/C8H17N5/c1-3-12-8(11)7(6(2)10)13-5-4-9/h3,13H,1,4-5,9-10H2,2H3,(H2,11,12)/b7-6-. The summed E-state index contributed by atoms with van der Waals surface area (Å²) in [5.41, 5.74) is 17.7. The quantitative estimate of drug-likeness (QED) is 0.332. The van der Waals surface area contributed by atoms with Crippen molar-refractivity contribution in [3.8, 4) is 0 Å². The number of nitrogens with zero attached hydrogens (tertiary/aromatic N) is 1. The van der Waals surface area contributed by atoms with Crippen LogP contribution in [-0.4, -0.2) is 18.9 Å². The number of aliphatic imine (C=N–C) groups is 1. The molecule has 0 aliphatic carbocycles. The first-order valence-corrected chi connectivity index (χ1v) is 3.98. The normalized spacial score (nSPS) is 13.5. The largest absolute Gasteiger partial charge is 0.400 e. The summed E-state index contributed by atoms with van der Waals surface area (Å²) in [5, 5.41) is 2.98. The summed E-state index contributed by atoms with van der Waals surface area (Å²) >= 11 is 0. The van der Waals surface area contributed by atoms with Crippen LogP contribution in [0.3, 0.4) is 0 Å². The number of amidine groups is 1. The molecule has 0 saturated carbocycles. The Labute approximate surface area is 78.4 Å². The maximum absolute atomic E-state index is 5.61. The van der Waals surface area contributed by atoms with Crippen molar-refractivity contribution in [1.82, 2.24) is 5.32 Å². The number of nitrogens with one attached hydrogen (secondary N) is 1. The molecule has 13 heavy (non-hydrogen) atoms. The molecule has 0 aromatic heterocycles. The summed E-state index contributed by atoms with van der Waals surface area (Å²) in [6.07, 6.45) is 1.36. The lowest BCUT2D eigenvalue weighted by atomic mass is 10.3. The average molecular weight is 183 g/mol. The van der Waals surface area contributed by atoms with Gasteiger partial charge in [0.05, 0.1) is 5.70 Å². The molecule has 0 unspecified atom stereocenters. The molecule has 0 radical (unpaired) electrons. The second kappa shape index (κ2) is 6.07. The molecule has 0 fully saturated rings. The van der Waals surface area contributed by atoms with Crippen molar-refractivity contribution in [2.45, 2.75) is 6.92 Å². The number of hydrogen-bond donors (Lipinski definition) is 4. The Morgan fingerprint density at radius 2 is 2.15 bits per heavy atom. The summed E-state index contributed by atoms with van der Waals surface area (Å²) in [6.45, 7) is 6.30. The van der Waals surface area contributed by atoms with E-state index in [9.17, 15) is 0 Å². The summed E-state index contributed by atoms with van der Waals surface area (Å²) in [7, 11) is 0. The number of rotatable bonds is 5. The van der Waals surface area contributed by atoms with Gasteiger partial charge in [-0.1, -0.05) is 6.58 Å². The summed E-state index contributed by atoms with van der Waals surface area (Å²) in [4.78, 5) is 3.82. The second-order valence-electron chi connectivity index (χ2n) is 2.47. The smallest absolute Gasteiger partial charge is 0.148 e. The van der Waals surface area contributed by atoms with E-state index in [1.807, 2.05) is 0 Å². The number of allylic oxidation sites excluding steroid dienone is 1. The van der Waals surface area contributed by atoms with Crippen LogP contribution in [0, 0.1) is 0 Å². The Morgan fingerprint density at radius 1 is 1.54 bits per heavy atom.